The molecule has 3 atom stereocenters. The van der Waals surface area contributed by atoms with E-state index in [1.807, 2.05) is 27.7 Å². The first-order chi connectivity index (χ1) is 7.84. The molecule has 0 saturated heterocycles. The van der Waals surface area contributed by atoms with Gasteiger partial charge in [0.05, 0.1) is 13.2 Å². The molecule has 0 heterocycles. The maximum Gasteiger partial charge on any atom is 0.328 e. The molecule has 0 fully saturated rings. The molecule has 0 saturated carbocycles. The minimum atomic E-state index is -0.623. The van der Waals surface area contributed by atoms with Gasteiger partial charge in [-0.1, -0.05) is 34.1 Å². The number of carbonyl (C=O) groups is 2. The van der Waals surface area contributed by atoms with Gasteiger partial charge in [-0.2, -0.15) is 0 Å². The van der Waals surface area contributed by atoms with Crippen LogP contribution in [0.5, 0.6) is 0 Å². The molecule has 2 unspecified atom stereocenters. The standard InChI is InChI=1S/C12H24N2O3/c1-6-8(4)10(12(16)17-5)14-11(15)9(13)7(2)3/h7-10H,6,13H2,1-5H3,(H,14,15)/t8?,9-,10?/m0/s1. The quantitative estimate of drug-likeness (QED) is 0.673. The highest BCUT2D eigenvalue weighted by Crippen LogP contribution is 2.10. The highest BCUT2D eigenvalue weighted by molar-refractivity contribution is 5.87. The lowest BCUT2D eigenvalue weighted by Crippen LogP contribution is -2.52. The number of hydrogen-bond acceptors (Lipinski definition) is 4. The number of amides is 1. The normalized spacial score (nSPS) is 16.2. The monoisotopic (exact) mass is 244 g/mol. The van der Waals surface area contributed by atoms with Gasteiger partial charge in [0.2, 0.25) is 5.91 Å². The predicted octanol–water partition coefficient (Wildman–Crippen LogP) is 0.674. The van der Waals surface area contributed by atoms with E-state index in [0.717, 1.165) is 6.42 Å². The number of esters is 1. The third kappa shape index (κ3) is 4.73. The Morgan fingerprint density at radius 1 is 1.29 bits per heavy atom. The molecular weight excluding hydrogens is 220 g/mol. The molecule has 0 aliphatic carbocycles. The Balaban J connectivity index is 4.64. The average molecular weight is 244 g/mol. The van der Waals surface area contributed by atoms with E-state index < -0.39 is 18.1 Å². The Morgan fingerprint density at radius 2 is 1.82 bits per heavy atom. The summed E-state index contributed by atoms with van der Waals surface area (Å²) in [6.07, 6.45) is 0.775. The minimum absolute atomic E-state index is 0.0192. The van der Waals surface area contributed by atoms with Crippen molar-refractivity contribution in [2.24, 2.45) is 17.6 Å². The van der Waals surface area contributed by atoms with Crippen molar-refractivity contribution in [1.82, 2.24) is 5.32 Å². The fourth-order valence-electron chi connectivity index (χ4n) is 1.35. The molecule has 17 heavy (non-hydrogen) atoms. The van der Waals surface area contributed by atoms with Crippen molar-refractivity contribution in [3.8, 4) is 0 Å². The number of hydrogen-bond donors (Lipinski definition) is 2. The lowest BCUT2D eigenvalue weighted by Gasteiger charge is -2.24. The predicted molar refractivity (Wildman–Crippen MR) is 66.2 cm³/mol. The first-order valence-electron chi connectivity index (χ1n) is 5.98. The van der Waals surface area contributed by atoms with Gasteiger partial charge in [-0.05, 0) is 11.8 Å². The van der Waals surface area contributed by atoms with Crippen LogP contribution >= 0.6 is 0 Å². The van der Waals surface area contributed by atoms with E-state index in [0.29, 0.717) is 0 Å². The van der Waals surface area contributed by atoms with Gasteiger partial charge >= 0.3 is 5.97 Å². The highest BCUT2D eigenvalue weighted by Gasteiger charge is 2.29. The van der Waals surface area contributed by atoms with E-state index in [2.05, 4.69) is 10.1 Å². The van der Waals surface area contributed by atoms with E-state index in [4.69, 9.17) is 5.73 Å². The number of nitrogens with one attached hydrogen (secondary N) is 1. The maximum atomic E-state index is 11.8. The van der Waals surface area contributed by atoms with Crippen LogP contribution in [-0.4, -0.2) is 31.1 Å². The molecule has 0 rings (SSSR count). The lowest BCUT2D eigenvalue weighted by molar-refractivity contribution is -0.146. The van der Waals surface area contributed by atoms with Crippen LogP contribution in [0, 0.1) is 11.8 Å². The highest BCUT2D eigenvalue weighted by atomic mass is 16.5. The molecule has 5 heteroatoms. The van der Waals surface area contributed by atoms with Gasteiger partial charge < -0.3 is 15.8 Å². The SMILES string of the molecule is CCC(C)C(NC(=O)[C@@H](N)C(C)C)C(=O)OC. The second-order valence-electron chi connectivity index (χ2n) is 4.66. The number of carbonyl (C=O) groups excluding carboxylic acids is 2. The molecule has 1 amide bonds. The van der Waals surface area contributed by atoms with Crippen LogP contribution in [0.1, 0.15) is 34.1 Å². The molecule has 3 N–H and O–H groups in total. The summed E-state index contributed by atoms with van der Waals surface area (Å²) >= 11 is 0. The summed E-state index contributed by atoms with van der Waals surface area (Å²) in [5.74, 6) is -0.685. The molecule has 0 aromatic rings. The minimum Gasteiger partial charge on any atom is -0.467 e. The van der Waals surface area contributed by atoms with Gasteiger partial charge in [0.15, 0.2) is 0 Å². The Labute approximate surface area is 103 Å². The van der Waals surface area contributed by atoms with E-state index in [9.17, 15) is 9.59 Å². The molecule has 5 nitrogen and oxygen atoms in total. The fraction of sp³-hybridized carbons (Fsp3) is 0.833. The zero-order valence-electron chi connectivity index (χ0n) is 11.3. The van der Waals surface area contributed by atoms with Crippen molar-refractivity contribution < 1.29 is 14.3 Å². The van der Waals surface area contributed by atoms with Crippen molar-refractivity contribution in [2.45, 2.75) is 46.2 Å². The lowest BCUT2D eigenvalue weighted by atomic mass is 9.97. The van der Waals surface area contributed by atoms with Crippen molar-refractivity contribution in [2.75, 3.05) is 7.11 Å². The van der Waals surface area contributed by atoms with E-state index in [-0.39, 0.29) is 17.7 Å². The number of rotatable bonds is 6. The molecular formula is C12H24N2O3. The van der Waals surface area contributed by atoms with Gasteiger partial charge in [-0.25, -0.2) is 4.79 Å². The Bertz CT molecular complexity index is 266. The van der Waals surface area contributed by atoms with Crippen molar-refractivity contribution in [1.29, 1.82) is 0 Å². The first kappa shape index (κ1) is 15.9. The van der Waals surface area contributed by atoms with Gasteiger partial charge in [-0.3, -0.25) is 4.79 Å². The second kappa shape index (κ2) is 7.27. The summed E-state index contributed by atoms with van der Waals surface area (Å²) in [6, 6.07) is -1.23. The summed E-state index contributed by atoms with van der Waals surface area (Å²) in [6.45, 7) is 7.57. The molecule has 100 valence electrons. The summed E-state index contributed by atoms with van der Waals surface area (Å²) in [5.41, 5.74) is 5.73. The van der Waals surface area contributed by atoms with Gasteiger partial charge in [0.1, 0.15) is 6.04 Å². The Kier molecular flexibility index (Phi) is 6.80. The van der Waals surface area contributed by atoms with E-state index >= 15 is 0 Å². The van der Waals surface area contributed by atoms with Crippen LogP contribution in [0.15, 0.2) is 0 Å². The largest absolute Gasteiger partial charge is 0.467 e. The smallest absolute Gasteiger partial charge is 0.328 e. The van der Waals surface area contributed by atoms with Gasteiger partial charge in [0.25, 0.3) is 0 Å². The third-order valence-corrected chi connectivity index (χ3v) is 2.99. The van der Waals surface area contributed by atoms with Gasteiger partial charge in [0, 0.05) is 0 Å². The summed E-state index contributed by atoms with van der Waals surface area (Å²) in [7, 11) is 1.31. The van der Waals surface area contributed by atoms with Crippen LogP contribution in [0.3, 0.4) is 0 Å². The molecule has 0 radical (unpaired) electrons. The van der Waals surface area contributed by atoms with Crippen LogP contribution in [0.4, 0.5) is 0 Å². The number of ether oxygens (including phenoxy) is 1. The average Bonchev–Trinajstić information content (AvgIpc) is 2.32. The van der Waals surface area contributed by atoms with Crippen LogP contribution < -0.4 is 11.1 Å². The maximum absolute atomic E-state index is 11.8. The van der Waals surface area contributed by atoms with Crippen LogP contribution in [0.2, 0.25) is 0 Å². The van der Waals surface area contributed by atoms with Crippen molar-refractivity contribution >= 4 is 11.9 Å². The van der Waals surface area contributed by atoms with E-state index in [1.165, 1.54) is 7.11 Å². The second-order valence-corrected chi connectivity index (χ2v) is 4.66. The summed E-state index contributed by atoms with van der Waals surface area (Å²) < 4.78 is 4.68. The van der Waals surface area contributed by atoms with Crippen molar-refractivity contribution in [3.63, 3.8) is 0 Å². The third-order valence-electron chi connectivity index (χ3n) is 2.99. The van der Waals surface area contributed by atoms with Crippen LogP contribution in [-0.2, 0) is 14.3 Å². The molecule has 0 spiro atoms. The molecule has 0 bridgehead atoms. The number of nitrogens with two attached hydrogens (primary N) is 1. The first-order valence-corrected chi connectivity index (χ1v) is 5.98. The molecule has 0 aliphatic rings. The zero-order chi connectivity index (χ0) is 13.6. The zero-order valence-corrected chi connectivity index (χ0v) is 11.3. The fourth-order valence-corrected chi connectivity index (χ4v) is 1.35. The Morgan fingerprint density at radius 3 is 2.18 bits per heavy atom. The van der Waals surface area contributed by atoms with Gasteiger partial charge in [-0.15, -0.1) is 0 Å². The van der Waals surface area contributed by atoms with Crippen LogP contribution in [0.25, 0.3) is 0 Å². The topological polar surface area (TPSA) is 81.4 Å². The summed E-state index contributed by atoms with van der Waals surface area (Å²) in [5, 5.41) is 2.66. The van der Waals surface area contributed by atoms with Crippen molar-refractivity contribution in [3.05, 3.63) is 0 Å². The molecule has 0 aromatic heterocycles. The summed E-state index contributed by atoms with van der Waals surface area (Å²) in [4.78, 5) is 23.4. The molecule has 0 aliphatic heterocycles. The molecule has 0 aromatic carbocycles. The van der Waals surface area contributed by atoms with E-state index in [1.54, 1.807) is 0 Å². The number of methoxy groups -OCH3 is 1. The Hall–Kier alpha value is -1.10.